The van der Waals surface area contributed by atoms with Gasteiger partial charge in [0.25, 0.3) is 0 Å². The lowest BCUT2D eigenvalue weighted by Gasteiger charge is -2.26. The van der Waals surface area contributed by atoms with E-state index in [9.17, 15) is 8.42 Å². The molecule has 0 atom stereocenters. The molecule has 10 heteroatoms. The molecule has 0 aromatic carbocycles. The normalized spacial score (nSPS) is 15.8. The molecule has 118 valence electrons. The third-order valence-electron chi connectivity index (χ3n) is 3.16. The Bertz CT molecular complexity index is 572. The summed E-state index contributed by atoms with van der Waals surface area (Å²) in [6, 6.07) is 0. The minimum Gasteiger partial charge on any atom is -0.357 e. The maximum Gasteiger partial charge on any atom is 0.231 e. The highest BCUT2D eigenvalue weighted by molar-refractivity contribution is 7.89. The Kier molecular flexibility index (Phi) is 5.12. The molecule has 1 fully saturated rings. The SMILES string of the molecule is CNc1nc(NCCS(N)(=O)=O)nc(N2CCCCC2)n1. The summed E-state index contributed by atoms with van der Waals surface area (Å²) < 4.78 is 21.8. The highest BCUT2D eigenvalue weighted by Crippen LogP contribution is 2.18. The number of primary sulfonamides is 1. The van der Waals surface area contributed by atoms with Gasteiger partial charge in [-0.1, -0.05) is 0 Å². The van der Waals surface area contributed by atoms with E-state index in [2.05, 4.69) is 30.5 Å². The van der Waals surface area contributed by atoms with Gasteiger partial charge in [-0.15, -0.1) is 0 Å². The Hall–Kier alpha value is -1.68. The Morgan fingerprint density at radius 3 is 2.43 bits per heavy atom. The zero-order valence-corrected chi connectivity index (χ0v) is 12.9. The highest BCUT2D eigenvalue weighted by Gasteiger charge is 2.16. The second-order valence-corrected chi connectivity index (χ2v) is 6.61. The van der Waals surface area contributed by atoms with Crippen LogP contribution in [-0.4, -0.2) is 55.8 Å². The van der Waals surface area contributed by atoms with E-state index in [1.54, 1.807) is 7.05 Å². The maximum absolute atomic E-state index is 10.9. The van der Waals surface area contributed by atoms with Gasteiger partial charge in [0, 0.05) is 26.7 Å². The topological polar surface area (TPSA) is 126 Å². The smallest absolute Gasteiger partial charge is 0.231 e. The first kappa shape index (κ1) is 15.7. The van der Waals surface area contributed by atoms with Crippen molar-refractivity contribution in [2.24, 2.45) is 5.14 Å². The average Bonchev–Trinajstić information content (AvgIpc) is 2.46. The van der Waals surface area contributed by atoms with Crippen LogP contribution < -0.4 is 20.7 Å². The van der Waals surface area contributed by atoms with Gasteiger partial charge in [-0.3, -0.25) is 0 Å². The van der Waals surface area contributed by atoms with Gasteiger partial charge >= 0.3 is 0 Å². The molecule has 1 aromatic rings. The van der Waals surface area contributed by atoms with E-state index in [1.165, 1.54) is 6.42 Å². The van der Waals surface area contributed by atoms with Crippen LogP contribution in [0.3, 0.4) is 0 Å². The van der Waals surface area contributed by atoms with Crippen molar-refractivity contribution in [2.75, 3.05) is 48.0 Å². The van der Waals surface area contributed by atoms with Crippen LogP contribution in [0.2, 0.25) is 0 Å². The van der Waals surface area contributed by atoms with Crippen LogP contribution in [0.15, 0.2) is 0 Å². The number of hydrogen-bond acceptors (Lipinski definition) is 8. The number of nitrogens with zero attached hydrogens (tertiary/aromatic N) is 4. The van der Waals surface area contributed by atoms with Gasteiger partial charge in [0.1, 0.15) is 0 Å². The summed E-state index contributed by atoms with van der Waals surface area (Å²) >= 11 is 0. The Labute approximate surface area is 124 Å². The van der Waals surface area contributed by atoms with Gasteiger partial charge in [0.2, 0.25) is 27.9 Å². The molecule has 0 aliphatic carbocycles. The molecule has 2 rings (SSSR count). The van der Waals surface area contributed by atoms with Crippen LogP contribution in [0.4, 0.5) is 17.8 Å². The first-order chi connectivity index (χ1) is 9.98. The summed E-state index contributed by atoms with van der Waals surface area (Å²) in [6.07, 6.45) is 3.46. The van der Waals surface area contributed by atoms with E-state index in [1.807, 2.05) is 0 Å². The number of nitrogens with one attached hydrogen (secondary N) is 2. The van der Waals surface area contributed by atoms with E-state index in [0.717, 1.165) is 25.9 Å². The average molecular weight is 315 g/mol. The molecule has 1 aliphatic rings. The lowest BCUT2D eigenvalue weighted by atomic mass is 10.1. The second kappa shape index (κ2) is 6.85. The van der Waals surface area contributed by atoms with Gasteiger partial charge in [0.05, 0.1) is 5.75 Å². The molecule has 0 amide bonds. The molecule has 1 saturated heterocycles. The number of nitrogens with two attached hydrogens (primary N) is 1. The lowest BCUT2D eigenvalue weighted by Crippen LogP contribution is -2.31. The van der Waals surface area contributed by atoms with Crippen LogP contribution in [-0.2, 0) is 10.0 Å². The molecule has 21 heavy (non-hydrogen) atoms. The first-order valence-corrected chi connectivity index (χ1v) is 8.62. The first-order valence-electron chi connectivity index (χ1n) is 6.91. The number of hydrogen-bond donors (Lipinski definition) is 3. The fourth-order valence-corrected chi connectivity index (χ4v) is 2.48. The Morgan fingerprint density at radius 2 is 1.81 bits per heavy atom. The molecule has 0 saturated carbocycles. The summed E-state index contributed by atoms with van der Waals surface area (Å²) in [5, 5.41) is 10.7. The number of piperidine rings is 1. The number of rotatable bonds is 6. The Balaban J connectivity index is 2.09. The largest absolute Gasteiger partial charge is 0.357 e. The zero-order valence-electron chi connectivity index (χ0n) is 12.0. The highest BCUT2D eigenvalue weighted by atomic mass is 32.2. The van der Waals surface area contributed by atoms with Crippen LogP contribution in [0, 0.1) is 0 Å². The summed E-state index contributed by atoms with van der Waals surface area (Å²) in [5.41, 5.74) is 0. The van der Waals surface area contributed by atoms with Crippen molar-refractivity contribution in [3.8, 4) is 0 Å². The molecule has 0 unspecified atom stereocenters. The molecule has 0 spiro atoms. The van der Waals surface area contributed by atoms with Crippen molar-refractivity contribution < 1.29 is 8.42 Å². The molecule has 1 aliphatic heterocycles. The molecule has 4 N–H and O–H groups in total. The molecule has 0 bridgehead atoms. The molecular formula is C11H21N7O2S. The van der Waals surface area contributed by atoms with Crippen molar-refractivity contribution in [3.63, 3.8) is 0 Å². The minimum atomic E-state index is -3.50. The van der Waals surface area contributed by atoms with Crippen LogP contribution in [0.25, 0.3) is 0 Å². The molecule has 2 heterocycles. The van der Waals surface area contributed by atoms with Crippen molar-refractivity contribution >= 4 is 27.9 Å². The molecule has 9 nitrogen and oxygen atoms in total. The molecule has 0 radical (unpaired) electrons. The van der Waals surface area contributed by atoms with E-state index in [-0.39, 0.29) is 12.3 Å². The predicted molar refractivity (Wildman–Crippen MR) is 81.9 cm³/mol. The minimum absolute atomic E-state index is 0.158. The van der Waals surface area contributed by atoms with Crippen molar-refractivity contribution in [3.05, 3.63) is 0 Å². The fourth-order valence-electron chi connectivity index (χ4n) is 2.10. The van der Waals surface area contributed by atoms with Crippen LogP contribution in [0.1, 0.15) is 19.3 Å². The van der Waals surface area contributed by atoms with Crippen molar-refractivity contribution in [2.45, 2.75) is 19.3 Å². The lowest BCUT2D eigenvalue weighted by molar-refractivity contribution is 0.568. The zero-order chi connectivity index (χ0) is 15.3. The maximum atomic E-state index is 10.9. The van der Waals surface area contributed by atoms with E-state index in [4.69, 9.17) is 5.14 Å². The van der Waals surface area contributed by atoms with Crippen LogP contribution >= 0.6 is 0 Å². The monoisotopic (exact) mass is 315 g/mol. The molecular weight excluding hydrogens is 294 g/mol. The summed E-state index contributed by atoms with van der Waals surface area (Å²) in [5.74, 6) is 1.22. The summed E-state index contributed by atoms with van der Waals surface area (Å²) in [4.78, 5) is 15.0. The van der Waals surface area contributed by atoms with Gasteiger partial charge in [-0.05, 0) is 19.3 Å². The second-order valence-electron chi connectivity index (χ2n) is 4.87. The number of anilines is 3. The van der Waals surface area contributed by atoms with Gasteiger partial charge < -0.3 is 15.5 Å². The predicted octanol–water partition coefficient (Wildman–Crippen LogP) is -0.396. The fraction of sp³-hybridized carbons (Fsp3) is 0.727. The standard InChI is InChI=1S/C11H21N7O2S/c1-13-9-15-10(14-5-8-21(12,19)20)17-11(16-9)18-6-3-2-4-7-18/h2-8H2,1H3,(H2,12,19,20)(H2,13,14,15,16,17). The number of aromatic nitrogens is 3. The Morgan fingerprint density at radius 1 is 1.14 bits per heavy atom. The molecule has 1 aromatic heterocycles. The summed E-state index contributed by atoms with van der Waals surface area (Å²) in [6.45, 7) is 2.00. The summed E-state index contributed by atoms with van der Waals surface area (Å²) in [7, 11) is -1.77. The quantitative estimate of drug-likeness (QED) is 0.647. The van der Waals surface area contributed by atoms with E-state index in [0.29, 0.717) is 17.8 Å². The third kappa shape index (κ3) is 4.97. The third-order valence-corrected chi connectivity index (χ3v) is 3.93. The van der Waals surface area contributed by atoms with Crippen molar-refractivity contribution in [1.82, 2.24) is 15.0 Å². The van der Waals surface area contributed by atoms with Crippen molar-refractivity contribution in [1.29, 1.82) is 0 Å². The van der Waals surface area contributed by atoms with E-state index >= 15 is 0 Å². The van der Waals surface area contributed by atoms with Crippen LogP contribution in [0.5, 0.6) is 0 Å². The van der Waals surface area contributed by atoms with Gasteiger partial charge in [-0.25, -0.2) is 13.6 Å². The number of sulfonamides is 1. The van der Waals surface area contributed by atoms with Gasteiger partial charge in [0.15, 0.2) is 0 Å². The van der Waals surface area contributed by atoms with E-state index < -0.39 is 10.0 Å². The van der Waals surface area contributed by atoms with Gasteiger partial charge in [-0.2, -0.15) is 15.0 Å².